The topological polar surface area (TPSA) is 64.9 Å². The van der Waals surface area contributed by atoms with Gasteiger partial charge in [0.15, 0.2) is 5.82 Å². The molecule has 0 amide bonds. The molecule has 0 saturated heterocycles. The Kier molecular flexibility index (Phi) is 5.32. The highest BCUT2D eigenvalue weighted by Gasteiger charge is 2.09. The Morgan fingerprint density at radius 1 is 1.33 bits per heavy atom. The van der Waals surface area contributed by atoms with Crippen LogP contribution in [0.15, 0.2) is 4.52 Å². The Labute approximate surface area is 91.2 Å². The molecule has 0 bridgehead atoms. The SMILES string of the molecule is CCc1noc(CCC(CC)CCN)n1. The molecular formula is C11H21N3O. The molecular weight excluding hydrogens is 190 g/mol. The lowest BCUT2D eigenvalue weighted by atomic mass is 9.97. The van der Waals surface area contributed by atoms with Crippen LogP contribution in [0.5, 0.6) is 0 Å². The minimum absolute atomic E-state index is 0.687. The molecule has 1 aromatic rings. The maximum Gasteiger partial charge on any atom is 0.226 e. The van der Waals surface area contributed by atoms with Crippen molar-refractivity contribution in [2.45, 2.75) is 46.0 Å². The van der Waals surface area contributed by atoms with Gasteiger partial charge in [0.2, 0.25) is 5.89 Å². The molecule has 1 unspecified atom stereocenters. The number of hydrogen-bond acceptors (Lipinski definition) is 4. The molecule has 0 radical (unpaired) electrons. The van der Waals surface area contributed by atoms with Crippen LogP contribution < -0.4 is 5.73 Å². The molecule has 0 aromatic carbocycles. The maximum atomic E-state index is 5.55. The van der Waals surface area contributed by atoms with Crippen molar-refractivity contribution in [1.29, 1.82) is 0 Å². The van der Waals surface area contributed by atoms with Crippen LogP contribution in [0.2, 0.25) is 0 Å². The van der Waals surface area contributed by atoms with E-state index in [2.05, 4.69) is 17.1 Å². The Balaban J connectivity index is 2.34. The van der Waals surface area contributed by atoms with Gasteiger partial charge in [-0.1, -0.05) is 25.4 Å². The highest BCUT2D eigenvalue weighted by atomic mass is 16.5. The molecule has 1 atom stereocenters. The summed E-state index contributed by atoms with van der Waals surface area (Å²) in [7, 11) is 0. The van der Waals surface area contributed by atoms with Crippen molar-refractivity contribution in [3.05, 3.63) is 11.7 Å². The third kappa shape index (κ3) is 4.00. The van der Waals surface area contributed by atoms with E-state index in [0.717, 1.165) is 43.9 Å². The van der Waals surface area contributed by atoms with E-state index in [1.807, 2.05) is 6.92 Å². The van der Waals surface area contributed by atoms with Gasteiger partial charge in [0, 0.05) is 12.8 Å². The molecule has 0 saturated carbocycles. The first-order valence-electron chi connectivity index (χ1n) is 5.81. The summed E-state index contributed by atoms with van der Waals surface area (Å²) in [5.74, 6) is 2.26. The van der Waals surface area contributed by atoms with Crippen molar-refractivity contribution in [3.8, 4) is 0 Å². The Morgan fingerprint density at radius 3 is 2.67 bits per heavy atom. The Morgan fingerprint density at radius 2 is 2.13 bits per heavy atom. The fourth-order valence-electron chi connectivity index (χ4n) is 1.65. The molecule has 1 aromatic heterocycles. The standard InChI is InChI=1S/C11H21N3O/c1-3-9(7-8-12)5-6-11-13-10(4-2)14-15-11/h9H,3-8,12H2,1-2H3. The van der Waals surface area contributed by atoms with Gasteiger partial charge in [-0.15, -0.1) is 0 Å². The number of aryl methyl sites for hydroxylation is 2. The molecule has 4 nitrogen and oxygen atoms in total. The van der Waals surface area contributed by atoms with E-state index in [1.54, 1.807) is 0 Å². The third-order valence-corrected chi connectivity index (χ3v) is 2.75. The van der Waals surface area contributed by atoms with Gasteiger partial charge in [-0.25, -0.2) is 0 Å². The van der Waals surface area contributed by atoms with Crippen molar-refractivity contribution >= 4 is 0 Å². The van der Waals surface area contributed by atoms with E-state index in [-0.39, 0.29) is 0 Å². The Bertz CT molecular complexity index is 273. The fourth-order valence-corrected chi connectivity index (χ4v) is 1.65. The van der Waals surface area contributed by atoms with Crippen molar-refractivity contribution < 1.29 is 4.52 Å². The van der Waals surface area contributed by atoms with Crippen LogP contribution >= 0.6 is 0 Å². The first kappa shape index (κ1) is 12.2. The first-order chi connectivity index (χ1) is 7.30. The van der Waals surface area contributed by atoms with Gasteiger partial charge < -0.3 is 10.3 Å². The van der Waals surface area contributed by atoms with Gasteiger partial charge in [0.05, 0.1) is 0 Å². The predicted octanol–water partition coefficient (Wildman–Crippen LogP) is 1.94. The summed E-state index contributed by atoms with van der Waals surface area (Å²) < 4.78 is 5.14. The van der Waals surface area contributed by atoms with Crippen LogP contribution in [0.25, 0.3) is 0 Å². The van der Waals surface area contributed by atoms with Gasteiger partial charge in [-0.3, -0.25) is 0 Å². The van der Waals surface area contributed by atoms with Crippen LogP contribution in [-0.2, 0) is 12.8 Å². The lowest BCUT2D eigenvalue weighted by molar-refractivity contribution is 0.351. The molecule has 4 heteroatoms. The predicted molar refractivity (Wildman–Crippen MR) is 59.4 cm³/mol. The van der Waals surface area contributed by atoms with Gasteiger partial charge in [0.25, 0.3) is 0 Å². The quantitative estimate of drug-likeness (QED) is 0.748. The van der Waals surface area contributed by atoms with Crippen molar-refractivity contribution in [3.63, 3.8) is 0 Å². The molecule has 2 N–H and O–H groups in total. The van der Waals surface area contributed by atoms with Gasteiger partial charge in [-0.05, 0) is 25.3 Å². The number of hydrogen-bond donors (Lipinski definition) is 1. The minimum Gasteiger partial charge on any atom is -0.339 e. The monoisotopic (exact) mass is 211 g/mol. The Hall–Kier alpha value is -0.900. The molecule has 0 fully saturated rings. The third-order valence-electron chi connectivity index (χ3n) is 2.75. The average Bonchev–Trinajstić information content (AvgIpc) is 2.72. The zero-order valence-corrected chi connectivity index (χ0v) is 9.70. The second-order valence-corrected chi connectivity index (χ2v) is 3.85. The highest BCUT2D eigenvalue weighted by molar-refractivity contribution is 4.85. The van der Waals surface area contributed by atoms with E-state index < -0.39 is 0 Å². The number of nitrogens with two attached hydrogens (primary N) is 1. The van der Waals surface area contributed by atoms with E-state index in [9.17, 15) is 0 Å². The van der Waals surface area contributed by atoms with Crippen LogP contribution in [-0.4, -0.2) is 16.7 Å². The van der Waals surface area contributed by atoms with Crippen LogP contribution in [0.1, 0.15) is 44.8 Å². The second-order valence-electron chi connectivity index (χ2n) is 3.85. The van der Waals surface area contributed by atoms with E-state index in [4.69, 9.17) is 10.3 Å². The molecule has 0 aliphatic heterocycles. The summed E-state index contributed by atoms with van der Waals surface area (Å²) in [6, 6.07) is 0. The zero-order valence-electron chi connectivity index (χ0n) is 9.70. The number of rotatable bonds is 7. The van der Waals surface area contributed by atoms with Crippen LogP contribution in [0, 0.1) is 5.92 Å². The molecule has 1 rings (SSSR count). The molecule has 0 aliphatic rings. The van der Waals surface area contributed by atoms with Crippen LogP contribution in [0.4, 0.5) is 0 Å². The van der Waals surface area contributed by atoms with Crippen LogP contribution in [0.3, 0.4) is 0 Å². The zero-order chi connectivity index (χ0) is 11.1. The average molecular weight is 211 g/mol. The molecule has 1 heterocycles. The van der Waals surface area contributed by atoms with Crippen molar-refractivity contribution in [2.24, 2.45) is 11.7 Å². The lowest BCUT2D eigenvalue weighted by Gasteiger charge is -2.11. The molecule has 86 valence electrons. The van der Waals surface area contributed by atoms with Crippen molar-refractivity contribution in [1.82, 2.24) is 10.1 Å². The maximum absolute atomic E-state index is 5.55. The summed E-state index contributed by atoms with van der Waals surface area (Å²) in [5.41, 5.74) is 5.55. The normalized spacial score (nSPS) is 13.0. The number of aromatic nitrogens is 2. The van der Waals surface area contributed by atoms with E-state index >= 15 is 0 Å². The summed E-state index contributed by atoms with van der Waals surface area (Å²) >= 11 is 0. The minimum atomic E-state index is 0.687. The number of nitrogens with zero attached hydrogens (tertiary/aromatic N) is 2. The summed E-state index contributed by atoms with van der Waals surface area (Å²) in [6.45, 7) is 4.99. The lowest BCUT2D eigenvalue weighted by Crippen LogP contribution is -2.09. The van der Waals surface area contributed by atoms with E-state index in [1.165, 1.54) is 6.42 Å². The molecule has 0 aliphatic carbocycles. The van der Waals surface area contributed by atoms with Gasteiger partial charge in [-0.2, -0.15) is 4.98 Å². The summed E-state index contributed by atoms with van der Waals surface area (Å²) in [6.07, 6.45) is 5.07. The summed E-state index contributed by atoms with van der Waals surface area (Å²) in [5, 5.41) is 3.87. The summed E-state index contributed by atoms with van der Waals surface area (Å²) in [4.78, 5) is 4.29. The van der Waals surface area contributed by atoms with Gasteiger partial charge in [0.1, 0.15) is 0 Å². The van der Waals surface area contributed by atoms with E-state index in [0.29, 0.717) is 5.92 Å². The van der Waals surface area contributed by atoms with Crippen molar-refractivity contribution in [2.75, 3.05) is 6.54 Å². The second kappa shape index (κ2) is 6.56. The van der Waals surface area contributed by atoms with Gasteiger partial charge >= 0.3 is 0 Å². The smallest absolute Gasteiger partial charge is 0.226 e. The fraction of sp³-hybridized carbons (Fsp3) is 0.818. The first-order valence-corrected chi connectivity index (χ1v) is 5.81. The molecule has 0 spiro atoms. The largest absolute Gasteiger partial charge is 0.339 e. The highest BCUT2D eigenvalue weighted by Crippen LogP contribution is 2.15. The molecule has 15 heavy (non-hydrogen) atoms.